The van der Waals surface area contributed by atoms with E-state index in [0.29, 0.717) is 11.3 Å². The van der Waals surface area contributed by atoms with E-state index in [1.165, 1.54) is 24.6 Å². The summed E-state index contributed by atoms with van der Waals surface area (Å²) in [6.07, 6.45) is 4.03. The van der Waals surface area contributed by atoms with Crippen molar-refractivity contribution in [1.29, 1.82) is 0 Å². The van der Waals surface area contributed by atoms with E-state index in [0.717, 1.165) is 0 Å². The Morgan fingerprint density at radius 2 is 1.85 bits per heavy atom. The van der Waals surface area contributed by atoms with Crippen molar-refractivity contribution in [1.82, 2.24) is 9.97 Å². The van der Waals surface area contributed by atoms with Crippen LogP contribution in [0.25, 0.3) is 17.3 Å². The first-order valence-corrected chi connectivity index (χ1v) is 15.6. The summed E-state index contributed by atoms with van der Waals surface area (Å²) in [7, 11) is -2.33. The number of halogens is 2. The van der Waals surface area contributed by atoms with Crippen LogP contribution < -0.4 is 9.74 Å². The third-order valence-corrected chi connectivity index (χ3v) is 11.2. The van der Waals surface area contributed by atoms with Crippen molar-refractivity contribution in [2.75, 3.05) is 5.32 Å². The fourth-order valence-corrected chi connectivity index (χ4v) is 4.63. The molecular formula is C30H31F2N3O4Si. The molecule has 0 aliphatic rings. The van der Waals surface area contributed by atoms with Gasteiger partial charge in [-0.2, -0.15) is 0 Å². The van der Waals surface area contributed by atoms with Crippen LogP contribution in [-0.4, -0.2) is 29.4 Å². The molecule has 4 rings (SSSR count). The fraction of sp³-hybridized carbons (Fsp3) is 0.233. The molecular weight excluding hydrogens is 532 g/mol. The van der Waals surface area contributed by atoms with Gasteiger partial charge in [0.05, 0.1) is 23.8 Å². The molecule has 0 saturated heterocycles. The van der Waals surface area contributed by atoms with Gasteiger partial charge in [0.2, 0.25) is 0 Å². The highest BCUT2D eigenvalue weighted by molar-refractivity contribution is 6.74. The molecule has 0 fully saturated rings. The number of furan rings is 1. The molecule has 4 aromatic rings. The minimum atomic E-state index is -2.33. The molecule has 40 heavy (non-hydrogen) atoms. The first-order valence-electron chi connectivity index (χ1n) is 12.7. The van der Waals surface area contributed by atoms with Crippen molar-refractivity contribution in [2.45, 2.75) is 45.3 Å². The molecule has 0 bridgehead atoms. The highest BCUT2D eigenvalue weighted by atomic mass is 28.4. The second-order valence-electron chi connectivity index (χ2n) is 10.8. The van der Waals surface area contributed by atoms with E-state index in [-0.39, 0.29) is 45.7 Å². The van der Waals surface area contributed by atoms with E-state index in [2.05, 4.69) is 36.1 Å². The minimum absolute atomic E-state index is 0.0225. The summed E-state index contributed by atoms with van der Waals surface area (Å²) in [6, 6.07) is 14.2. The van der Waals surface area contributed by atoms with Gasteiger partial charge in [-0.05, 0) is 54.0 Å². The molecule has 0 radical (unpaired) electrons. The van der Waals surface area contributed by atoms with Gasteiger partial charge in [-0.25, -0.2) is 23.5 Å². The zero-order chi connectivity index (χ0) is 29.1. The number of rotatable bonds is 9. The molecule has 0 amide bonds. The van der Waals surface area contributed by atoms with Crippen LogP contribution in [-0.2, 0) is 11.2 Å². The zero-order valence-corrected chi connectivity index (χ0v) is 24.0. The summed E-state index contributed by atoms with van der Waals surface area (Å²) >= 11 is 0. The van der Waals surface area contributed by atoms with E-state index >= 15 is 4.39 Å². The lowest BCUT2D eigenvalue weighted by molar-refractivity contribution is -0.132. The smallest absolute Gasteiger partial charge is 0.352 e. The van der Waals surface area contributed by atoms with E-state index in [4.69, 9.17) is 8.84 Å². The molecule has 2 heterocycles. The number of nitrogens with one attached hydrogen (secondary N) is 1. The van der Waals surface area contributed by atoms with Gasteiger partial charge >= 0.3 is 5.97 Å². The van der Waals surface area contributed by atoms with Crippen LogP contribution in [0.4, 0.5) is 14.6 Å². The summed E-state index contributed by atoms with van der Waals surface area (Å²) in [5.41, 5.74) is 0.669. The quantitative estimate of drug-likeness (QED) is 0.160. The number of carboxylic acid groups (broad SMARTS) is 1. The lowest BCUT2D eigenvalue weighted by Crippen LogP contribution is -2.44. The van der Waals surface area contributed by atoms with Crippen molar-refractivity contribution in [3.05, 3.63) is 101 Å². The third-order valence-electron chi connectivity index (χ3n) is 6.88. The SMILES string of the molecule is CC(C)(C)[Si](C)(C)Oc1cccc(-c2cnc(N/C(=C\c3ccco3)C(=O)O)c(Cc3ccccc3F)n2)c1F. The van der Waals surface area contributed by atoms with Gasteiger partial charge in [-0.3, -0.25) is 0 Å². The summed E-state index contributed by atoms with van der Waals surface area (Å²) in [5, 5.41) is 12.4. The maximum Gasteiger partial charge on any atom is 0.352 e. The van der Waals surface area contributed by atoms with Crippen LogP contribution in [0.5, 0.6) is 5.75 Å². The first kappa shape index (κ1) is 28.7. The average Bonchev–Trinajstić information content (AvgIpc) is 3.39. The average molecular weight is 564 g/mol. The molecule has 7 nitrogen and oxygen atoms in total. The number of hydrogen-bond acceptors (Lipinski definition) is 6. The topological polar surface area (TPSA) is 97.5 Å². The Morgan fingerprint density at radius 3 is 2.50 bits per heavy atom. The van der Waals surface area contributed by atoms with E-state index in [9.17, 15) is 14.3 Å². The van der Waals surface area contributed by atoms with Crippen molar-refractivity contribution in [3.8, 4) is 17.0 Å². The number of aromatic nitrogens is 2. The van der Waals surface area contributed by atoms with Gasteiger partial charge in [0.1, 0.15) is 23.0 Å². The van der Waals surface area contributed by atoms with Crippen molar-refractivity contribution < 1.29 is 27.5 Å². The van der Waals surface area contributed by atoms with Crippen LogP contribution in [0.15, 0.2) is 77.2 Å². The van der Waals surface area contributed by atoms with Gasteiger partial charge < -0.3 is 19.3 Å². The molecule has 0 unspecified atom stereocenters. The van der Waals surface area contributed by atoms with Gasteiger partial charge in [0.25, 0.3) is 8.32 Å². The number of anilines is 1. The molecule has 0 aliphatic carbocycles. The Labute approximate surface area is 232 Å². The summed E-state index contributed by atoms with van der Waals surface area (Å²) in [6.45, 7) is 10.3. The molecule has 0 saturated carbocycles. The highest BCUT2D eigenvalue weighted by Crippen LogP contribution is 2.39. The van der Waals surface area contributed by atoms with Crippen LogP contribution in [0.3, 0.4) is 0 Å². The molecule has 0 aliphatic heterocycles. The van der Waals surface area contributed by atoms with E-state index in [1.807, 2.05) is 13.1 Å². The summed E-state index contributed by atoms with van der Waals surface area (Å²) < 4.78 is 41.8. The highest BCUT2D eigenvalue weighted by Gasteiger charge is 2.39. The van der Waals surface area contributed by atoms with Gasteiger partial charge in [0.15, 0.2) is 11.6 Å². The fourth-order valence-electron chi connectivity index (χ4n) is 3.62. The van der Waals surface area contributed by atoms with E-state index < -0.39 is 25.9 Å². The Morgan fingerprint density at radius 1 is 1.10 bits per heavy atom. The van der Waals surface area contributed by atoms with Crippen LogP contribution in [0.1, 0.15) is 37.8 Å². The van der Waals surface area contributed by atoms with Gasteiger partial charge in [-0.15, -0.1) is 0 Å². The number of aliphatic carboxylic acids is 1. The Hall–Kier alpha value is -4.31. The maximum absolute atomic E-state index is 15.8. The van der Waals surface area contributed by atoms with E-state index in [1.54, 1.807) is 48.5 Å². The molecule has 208 valence electrons. The van der Waals surface area contributed by atoms with Crippen LogP contribution in [0, 0.1) is 11.6 Å². The molecule has 2 aromatic carbocycles. The number of carboxylic acids is 1. The molecule has 10 heteroatoms. The van der Waals surface area contributed by atoms with Crippen molar-refractivity contribution in [3.63, 3.8) is 0 Å². The summed E-state index contributed by atoms with van der Waals surface area (Å²) in [4.78, 5) is 21.0. The molecule has 2 aromatic heterocycles. The lowest BCUT2D eigenvalue weighted by Gasteiger charge is -2.36. The third kappa shape index (κ3) is 6.45. The van der Waals surface area contributed by atoms with Gasteiger partial charge in [0, 0.05) is 18.1 Å². The monoisotopic (exact) mass is 563 g/mol. The maximum atomic E-state index is 15.8. The second kappa shape index (κ2) is 11.4. The zero-order valence-electron chi connectivity index (χ0n) is 23.0. The van der Waals surface area contributed by atoms with Crippen LogP contribution in [0.2, 0.25) is 18.1 Å². The van der Waals surface area contributed by atoms with Crippen molar-refractivity contribution >= 4 is 26.2 Å². The Balaban J connectivity index is 1.78. The number of hydrogen-bond donors (Lipinski definition) is 2. The summed E-state index contributed by atoms with van der Waals surface area (Å²) in [5.74, 6) is -1.78. The molecule has 0 atom stereocenters. The predicted octanol–water partition coefficient (Wildman–Crippen LogP) is 7.53. The number of carbonyl (C=O) groups is 1. The normalized spacial score (nSPS) is 12.3. The number of benzene rings is 2. The standard InChI is InChI=1S/C30H31F2N3O4Si/c1-30(2,3)40(4,5)39-26-14-8-12-21(27(26)32)25-18-33-28(23(34-25)16-19-10-6-7-13-22(19)31)35-24(29(36)37)17-20-11-9-15-38-20/h6-15,17-18H,16H2,1-5H3,(H,33,35)(H,36,37)/b24-17-. The Kier molecular flexibility index (Phi) is 8.20. The molecule has 0 spiro atoms. The molecule has 2 N–H and O–H groups in total. The van der Waals surface area contributed by atoms with Crippen molar-refractivity contribution in [2.24, 2.45) is 0 Å². The van der Waals surface area contributed by atoms with Gasteiger partial charge in [-0.1, -0.05) is 45.0 Å². The second-order valence-corrected chi connectivity index (χ2v) is 15.5. The predicted molar refractivity (Wildman–Crippen MR) is 152 cm³/mol. The number of nitrogens with zero attached hydrogens (tertiary/aromatic N) is 2. The minimum Gasteiger partial charge on any atom is -0.542 e. The lowest BCUT2D eigenvalue weighted by atomic mass is 10.1. The Bertz CT molecular complexity index is 1550. The first-order chi connectivity index (χ1) is 18.9. The van der Waals surface area contributed by atoms with Crippen LogP contribution >= 0.6 is 0 Å². The largest absolute Gasteiger partial charge is 0.542 e.